The fraction of sp³-hybridized carbons (Fsp3) is 0.692. The maximum atomic E-state index is 11.2. The Kier molecular flexibility index (Phi) is 4.36. The molecule has 2 rings (SSSR count). The lowest BCUT2D eigenvalue weighted by atomic mass is 10.2. The molecule has 1 heterocycles. The molecule has 7 nitrogen and oxygen atoms in total. The molecule has 110 valence electrons. The summed E-state index contributed by atoms with van der Waals surface area (Å²) < 4.78 is 0. The minimum absolute atomic E-state index is 0.0268. The van der Waals surface area contributed by atoms with Crippen molar-refractivity contribution < 1.29 is 4.92 Å². The van der Waals surface area contributed by atoms with Crippen molar-refractivity contribution in [3.63, 3.8) is 0 Å². The van der Waals surface area contributed by atoms with E-state index in [-0.39, 0.29) is 11.7 Å². The van der Waals surface area contributed by atoms with Crippen LogP contribution in [0.4, 0.5) is 17.5 Å². The topological polar surface area (TPSA) is 84.2 Å². The van der Waals surface area contributed by atoms with Gasteiger partial charge in [-0.05, 0) is 39.5 Å². The van der Waals surface area contributed by atoms with Gasteiger partial charge in [-0.1, -0.05) is 0 Å². The van der Waals surface area contributed by atoms with E-state index in [0.29, 0.717) is 24.2 Å². The quantitative estimate of drug-likeness (QED) is 0.609. The van der Waals surface area contributed by atoms with Gasteiger partial charge in [-0.25, -0.2) is 4.98 Å². The fourth-order valence-corrected chi connectivity index (χ4v) is 2.07. The second kappa shape index (κ2) is 6.02. The Bertz CT molecular complexity index is 488. The zero-order valence-corrected chi connectivity index (χ0v) is 12.2. The molecule has 0 amide bonds. The van der Waals surface area contributed by atoms with E-state index in [2.05, 4.69) is 15.3 Å². The molecule has 1 aliphatic carbocycles. The smallest absolute Gasteiger partial charge is 0.329 e. The molecule has 0 atom stereocenters. The highest BCUT2D eigenvalue weighted by Gasteiger charge is 2.30. The van der Waals surface area contributed by atoms with Gasteiger partial charge in [0.05, 0.1) is 4.92 Å². The zero-order valence-electron chi connectivity index (χ0n) is 12.2. The molecule has 20 heavy (non-hydrogen) atoms. The number of anilines is 2. The van der Waals surface area contributed by atoms with Crippen LogP contribution in [0.25, 0.3) is 0 Å². The van der Waals surface area contributed by atoms with Crippen LogP contribution in [0.3, 0.4) is 0 Å². The van der Waals surface area contributed by atoms with E-state index < -0.39 is 4.92 Å². The lowest BCUT2D eigenvalue weighted by molar-refractivity contribution is -0.384. The molecule has 0 spiro atoms. The largest absolute Gasteiger partial charge is 0.354 e. The lowest BCUT2D eigenvalue weighted by Crippen LogP contribution is -2.34. The molecule has 1 fully saturated rings. The van der Waals surface area contributed by atoms with Gasteiger partial charge in [0.25, 0.3) is 0 Å². The van der Waals surface area contributed by atoms with E-state index in [4.69, 9.17) is 0 Å². The summed E-state index contributed by atoms with van der Waals surface area (Å²) in [7, 11) is 0. The first-order chi connectivity index (χ1) is 9.52. The van der Waals surface area contributed by atoms with Crippen molar-refractivity contribution in [2.24, 2.45) is 5.92 Å². The molecule has 1 N–H and O–H groups in total. The third kappa shape index (κ3) is 3.34. The molecule has 0 radical (unpaired) electrons. The SMILES string of the molecule is CCNc1ncc([N+](=O)[O-])c(N(CC2CC2)C(C)C)n1. The number of nitrogens with one attached hydrogen (secondary N) is 1. The molecule has 1 aromatic rings. The Hall–Kier alpha value is -1.92. The molecule has 0 aliphatic heterocycles. The normalized spacial score (nSPS) is 14.4. The van der Waals surface area contributed by atoms with Gasteiger partial charge in [-0.2, -0.15) is 4.98 Å². The number of aromatic nitrogens is 2. The van der Waals surface area contributed by atoms with E-state index in [9.17, 15) is 10.1 Å². The maximum Gasteiger partial charge on any atom is 0.329 e. The van der Waals surface area contributed by atoms with Crippen molar-refractivity contribution in [2.45, 2.75) is 39.7 Å². The molecule has 1 saturated carbocycles. The van der Waals surface area contributed by atoms with Crippen molar-refractivity contribution in [1.82, 2.24) is 9.97 Å². The second-order valence-corrected chi connectivity index (χ2v) is 5.38. The Balaban J connectivity index is 2.36. The maximum absolute atomic E-state index is 11.2. The first-order valence-corrected chi connectivity index (χ1v) is 7.04. The summed E-state index contributed by atoms with van der Waals surface area (Å²) in [6.07, 6.45) is 3.69. The van der Waals surface area contributed by atoms with Gasteiger partial charge in [0.1, 0.15) is 6.20 Å². The Labute approximate surface area is 118 Å². The molecule has 1 aliphatic rings. The van der Waals surface area contributed by atoms with Gasteiger partial charge < -0.3 is 10.2 Å². The summed E-state index contributed by atoms with van der Waals surface area (Å²) in [6, 6.07) is 0.165. The summed E-state index contributed by atoms with van der Waals surface area (Å²) in [5.74, 6) is 1.49. The van der Waals surface area contributed by atoms with Crippen LogP contribution in [-0.2, 0) is 0 Å². The van der Waals surface area contributed by atoms with E-state index in [1.54, 1.807) is 0 Å². The van der Waals surface area contributed by atoms with Gasteiger partial charge in [-0.15, -0.1) is 0 Å². The molecule has 0 unspecified atom stereocenters. The average molecular weight is 279 g/mol. The minimum atomic E-state index is -0.409. The van der Waals surface area contributed by atoms with Gasteiger partial charge in [0, 0.05) is 19.1 Å². The van der Waals surface area contributed by atoms with E-state index in [1.807, 2.05) is 25.7 Å². The third-order valence-electron chi connectivity index (χ3n) is 3.33. The predicted molar refractivity (Wildman–Crippen MR) is 78.1 cm³/mol. The van der Waals surface area contributed by atoms with Crippen LogP contribution in [-0.4, -0.2) is 34.0 Å². The summed E-state index contributed by atoms with van der Waals surface area (Å²) >= 11 is 0. The first kappa shape index (κ1) is 14.5. The average Bonchev–Trinajstić information content (AvgIpc) is 3.19. The lowest BCUT2D eigenvalue weighted by Gasteiger charge is -2.27. The number of hydrogen-bond donors (Lipinski definition) is 1. The van der Waals surface area contributed by atoms with Crippen LogP contribution in [0.2, 0.25) is 0 Å². The monoisotopic (exact) mass is 279 g/mol. The van der Waals surface area contributed by atoms with Crippen LogP contribution in [0.5, 0.6) is 0 Å². The third-order valence-corrected chi connectivity index (χ3v) is 3.33. The molecule has 0 saturated heterocycles. The van der Waals surface area contributed by atoms with Crippen molar-refractivity contribution in [3.8, 4) is 0 Å². The fourth-order valence-electron chi connectivity index (χ4n) is 2.07. The van der Waals surface area contributed by atoms with Crippen molar-refractivity contribution >= 4 is 17.5 Å². The molecular formula is C13H21N5O2. The van der Waals surface area contributed by atoms with E-state index >= 15 is 0 Å². The van der Waals surface area contributed by atoms with Crippen LogP contribution >= 0.6 is 0 Å². The van der Waals surface area contributed by atoms with Crippen molar-refractivity contribution in [1.29, 1.82) is 0 Å². The molecule has 0 bridgehead atoms. The van der Waals surface area contributed by atoms with E-state index in [1.165, 1.54) is 19.0 Å². The number of nitro groups is 1. The molecule has 7 heteroatoms. The van der Waals surface area contributed by atoms with Gasteiger partial charge in [0.2, 0.25) is 11.8 Å². The summed E-state index contributed by atoms with van der Waals surface area (Å²) in [5, 5.41) is 14.2. The Morgan fingerprint density at radius 1 is 1.55 bits per heavy atom. The van der Waals surface area contributed by atoms with Gasteiger partial charge in [0.15, 0.2) is 0 Å². The molecular weight excluding hydrogens is 258 g/mol. The van der Waals surface area contributed by atoms with Crippen LogP contribution in [0, 0.1) is 16.0 Å². The first-order valence-electron chi connectivity index (χ1n) is 7.04. The van der Waals surface area contributed by atoms with E-state index in [0.717, 1.165) is 6.54 Å². The van der Waals surface area contributed by atoms with Crippen molar-refractivity contribution in [3.05, 3.63) is 16.3 Å². The standard InChI is InChI=1S/C13H21N5O2/c1-4-14-13-15-7-11(18(19)20)12(16-13)17(9(2)3)8-10-5-6-10/h7,9-10H,4-6,8H2,1-3H3,(H,14,15,16). The molecule has 1 aromatic heterocycles. The Morgan fingerprint density at radius 2 is 2.25 bits per heavy atom. The van der Waals surface area contributed by atoms with Crippen LogP contribution in [0.1, 0.15) is 33.6 Å². The second-order valence-electron chi connectivity index (χ2n) is 5.38. The number of nitrogens with zero attached hydrogens (tertiary/aromatic N) is 4. The highest BCUT2D eigenvalue weighted by atomic mass is 16.6. The predicted octanol–water partition coefficient (Wildman–Crippen LogP) is 2.44. The highest BCUT2D eigenvalue weighted by Crippen LogP contribution is 2.34. The van der Waals surface area contributed by atoms with Crippen LogP contribution < -0.4 is 10.2 Å². The van der Waals surface area contributed by atoms with Gasteiger partial charge >= 0.3 is 5.69 Å². The molecule has 0 aromatic carbocycles. The van der Waals surface area contributed by atoms with Crippen molar-refractivity contribution in [2.75, 3.05) is 23.3 Å². The Morgan fingerprint density at radius 3 is 2.75 bits per heavy atom. The summed E-state index contributed by atoms with van der Waals surface area (Å²) in [5.41, 5.74) is -0.0268. The van der Waals surface area contributed by atoms with Crippen LogP contribution in [0.15, 0.2) is 6.20 Å². The number of rotatable bonds is 7. The minimum Gasteiger partial charge on any atom is -0.354 e. The highest BCUT2D eigenvalue weighted by molar-refractivity contribution is 5.59. The van der Waals surface area contributed by atoms with Gasteiger partial charge in [-0.3, -0.25) is 10.1 Å². The zero-order chi connectivity index (χ0) is 14.7. The number of hydrogen-bond acceptors (Lipinski definition) is 6. The summed E-state index contributed by atoms with van der Waals surface area (Å²) in [4.78, 5) is 21.1. The summed E-state index contributed by atoms with van der Waals surface area (Å²) in [6.45, 7) is 7.50.